The van der Waals surface area contributed by atoms with E-state index in [9.17, 15) is 9.59 Å². The normalized spacial score (nSPS) is 15.3. The Morgan fingerprint density at radius 2 is 2.15 bits per heavy atom. The number of thiophene rings is 2. The number of thioether (sulfide) groups is 1. The zero-order valence-electron chi connectivity index (χ0n) is 19.3. The summed E-state index contributed by atoms with van der Waals surface area (Å²) in [5.74, 6) is 1.15. The lowest BCUT2D eigenvalue weighted by atomic mass is 9.88. The Labute approximate surface area is 206 Å². The predicted octanol–water partition coefficient (Wildman–Crippen LogP) is 5.29. The van der Waals surface area contributed by atoms with E-state index in [1.807, 2.05) is 18.3 Å². The standard InChI is InChI=1S/C23H28N4O3S3/c1-5-14-10-16(22(29)30-4)21(33-14)24-19(28)12-32-23-26-25-20(27(23)6-2)17-11-31-18-9-13(3)7-8-15(17)18/h10-11,13H,5-9,12H2,1-4H3,(H,24,28). The van der Waals surface area contributed by atoms with Gasteiger partial charge in [-0.2, -0.15) is 0 Å². The highest BCUT2D eigenvalue weighted by molar-refractivity contribution is 7.99. The number of nitrogens with one attached hydrogen (secondary N) is 1. The monoisotopic (exact) mass is 504 g/mol. The first-order chi connectivity index (χ1) is 15.9. The molecule has 1 N–H and O–H groups in total. The molecule has 0 spiro atoms. The molecule has 4 rings (SSSR count). The minimum atomic E-state index is -0.447. The van der Waals surface area contributed by atoms with Crippen molar-refractivity contribution in [2.75, 3.05) is 18.2 Å². The smallest absolute Gasteiger partial charge is 0.340 e. The number of aryl methyl sites for hydroxylation is 1. The van der Waals surface area contributed by atoms with Crippen LogP contribution in [0.1, 0.15) is 52.9 Å². The predicted molar refractivity (Wildman–Crippen MR) is 135 cm³/mol. The highest BCUT2D eigenvalue weighted by Crippen LogP contribution is 2.38. The molecular formula is C23H28N4O3S3. The number of nitrogens with zero attached hydrogens (tertiary/aromatic N) is 3. The number of fused-ring (bicyclic) bond motifs is 1. The van der Waals surface area contributed by atoms with Crippen molar-refractivity contribution < 1.29 is 14.3 Å². The third-order valence-electron chi connectivity index (χ3n) is 5.80. The van der Waals surface area contributed by atoms with Gasteiger partial charge in [0.05, 0.1) is 18.4 Å². The molecule has 0 fully saturated rings. The molecule has 1 aliphatic carbocycles. The van der Waals surface area contributed by atoms with E-state index in [4.69, 9.17) is 4.74 Å². The molecule has 0 saturated carbocycles. The molecule has 1 amide bonds. The first-order valence-electron chi connectivity index (χ1n) is 11.1. The van der Waals surface area contributed by atoms with Crippen molar-refractivity contribution in [1.29, 1.82) is 0 Å². The number of esters is 1. The van der Waals surface area contributed by atoms with Crippen LogP contribution in [-0.2, 0) is 35.3 Å². The van der Waals surface area contributed by atoms with E-state index >= 15 is 0 Å². The zero-order valence-corrected chi connectivity index (χ0v) is 21.7. The largest absolute Gasteiger partial charge is 0.465 e. The van der Waals surface area contributed by atoms with E-state index in [0.717, 1.165) is 47.6 Å². The SMILES string of the molecule is CCc1cc(C(=O)OC)c(NC(=O)CSc2nnc(-c3csc4c3CCC(C)C4)n2CC)s1. The average Bonchev–Trinajstić information content (AvgIpc) is 3.52. The van der Waals surface area contributed by atoms with Gasteiger partial charge in [-0.05, 0) is 50.2 Å². The van der Waals surface area contributed by atoms with Gasteiger partial charge in [0.15, 0.2) is 11.0 Å². The maximum atomic E-state index is 12.7. The van der Waals surface area contributed by atoms with Crippen LogP contribution in [0, 0.1) is 5.92 Å². The fraction of sp³-hybridized carbons (Fsp3) is 0.478. The molecule has 1 atom stereocenters. The Kier molecular flexibility index (Phi) is 7.55. The van der Waals surface area contributed by atoms with E-state index < -0.39 is 5.97 Å². The summed E-state index contributed by atoms with van der Waals surface area (Å²) < 4.78 is 6.93. The number of ether oxygens (including phenoxy) is 1. The highest BCUT2D eigenvalue weighted by atomic mass is 32.2. The van der Waals surface area contributed by atoms with E-state index in [1.165, 1.54) is 52.6 Å². The quantitative estimate of drug-likeness (QED) is 0.331. The molecule has 0 bridgehead atoms. The van der Waals surface area contributed by atoms with Gasteiger partial charge in [-0.25, -0.2) is 4.79 Å². The molecule has 10 heteroatoms. The molecule has 0 saturated heterocycles. The lowest BCUT2D eigenvalue weighted by molar-refractivity contribution is -0.113. The molecule has 1 unspecified atom stereocenters. The maximum Gasteiger partial charge on any atom is 0.340 e. The molecule has 176 valence electrons. The third kappa shape index (κ3) is 5.02. The molecular weight excluding hydrogens is 476 g/mol. The van der Waals surface area contributed by atoms with Crippen molar-refractivity contribution in [2.24, 2.45) is 5.92 Å². The second-order valence-corrected chi connectivity index (χ2v) is 11.1. The van der Waals surface area contributed by atoms with Crippen LogP contribution in [0.3, 0.4) is 0 Å². The molecule has 3 aromatic heterocycles. The van der Waals surface area contributed by atoms with E-state index in [1.54, 1.807) is 6.07 Å². The molecule has 3 aromatic rings. The lowest BCUT2D eigenvalue weighted by Crippen LogP contribution is -2.16. The minimum absolute atomic E-state index is 0.178. The number of hydrogen-bond donors (Lipinski definition) is 1. The van der Waals surface area contributed by atoms with Crippen LogP contribution in [0.4, 0.5) is 5.00 Å². The van der Waals surface area contributed by atoms with Crippen molar-refractivity contribution in [2.45, 2.75) is 58.2 Å². The Hall–Kier alpha value is -2.17. The van der Waals surface area contributed by atoms with Gasteiger partial charge in [-0.3, -0.25) is 4.79 Å². The second kappa shape index (κ2) is 10.4. The van der Waals surface area contributed by atoms with Crippen LogP contribution in [0.25, 0.3) is 11.4 Å². The number of rotatable bonds is 8. The number of carbonyl (C=O) groups is 2. The first-order valence-corrected chi connectivity index (χ1v) is 13.8. The van der Waals surface area contributed by atoms with Gasteiger partial charge in [0.25, 0.3) is 0 Å². The molecule has 0 aliphatic heterocycles. The topological polar surface area (TPSA) is 86.1 Å². The summed E-state index contributed by atoms with van der Waals surface area (Å²) in [6, 6.07) is 1.78. The Morgan fingerprint density at radius 3 is 2.88 bits per heavy atom. The fourth-order valence-corrected chi connectivity index (χ4v) is 7.05. The lowest BCUT2D eigenvalue weighted by Gasteiger charge is -2.19. The van der Waals surface area contributed by atoms with Gasteiger partial charge in [0.2, 0.25) is 5.91 Å². The van der Waals surface area contributed by atoms with Crippen molar-refractivity contribution in [1.82, 2.24) is 14.8 Å². The van der Waals surface area contributed by atoms with Crippen LogP contribution in [0.5, 0.6) is 0 Å². The van der Waals surface area contributed by atoms with Gasteiger partial charge in [-0.15, -0.1) is 32.9 Å². The summed E-state index contributed by atoms with van der Waals surface area (Å²) in [7, 11) is 1.34. The van der Waals surface area contributed by atoms with Gasteiger partial charge in [-0.1, -0.05) is 25.6 Å². The maximum absolute atomic E-state index is 12.7. The Bertz CT molecular complexity index is 1160. The number of hydrogen-bond acceptors (Lipinski definition) is 8. The molecule has 0 aromatic carbocycles. The van der Waals surface area contributed by atoms with Crippen LogP contribution in [0.2, 0.25) is 0 Å². The number of aromatic nitrogens is 3. The van der Waals surface area contributed by atoms with Crippen molar-refractivity contribution >= 4 is 51.3 Å². The molecule has 3 heterocycles. The van der Waals surface area contributed by atoms with Crippen LogP contribution in [0.15, 0.2) is 16.6 Å². The molecule has 33 heavy (non-hydrogen) atoms. The Balaban J connectivity index is 1.47. The van der Waals surface area contributed by atoms with Crippen LogP contribution < -0.4 is 5.32 Å². The van der Waals surface area contributed by atoms with Crippen molar-refractivity contribution in [3.63, 3.8) is 0 Å². The van der Waals surface area contributed by atoms with Crippen molar-refractivity contribution in [3.8, 4) is 11.4 Å². The number of carbonyl (C=O) groups excluding carboxylic acids is 2. The molecule has 7 nitrogen and oxygen atoms in total. The summed E-state index contributed by atoms with van der Waals surface area (Å²) in [5.41, 5.74) is 2.99. The minimum Gasteiger partial charge on any atom is -0.465 e. The summed E-state index contributed by atoms with van der Waals surface area (Å²) >= 11 is 4.58. The first kappa shape index (κ1) is 24.0. The van der Waals surface area contributed by atoms with E-state index in [2.05, 4.69) is 39.3 Å². The second-order valence-electron chi connectivity index (χ2n) is 8.09. The summed E-state index contributed by atoms with van der Waals surface area (Å²) in [6.45, 7) is 7.11. The van der Waals surface area contributed by atoms with Crippen LogP contribution in [-0.4, -0.2) is 39.5 Å². The van der Waals surface area contributed by atoms with Gasteiger partial charge >= 0.3 is 5.97 Å². The third-order valence-corrected chi connectivity index (χ3v) is 9.01. The number of anilines is 1. The van der Waals surface area contributed by atoms with Gasteiger partial charge in [0.1, 0.15) is 5.00 Å². The average molecular weight is 505 g/mol. The molecule has 0 radical (unpaired) electrons. The van der Waals surface area contributed by atoms with Gasteiger partial charge < -0.3 is 14.6 Å². The van der Waals surface area contributed by atoms with E-state index in [0.29, 0.717) is 10.6 Å². The van der Waals surface area contributed by atoms with E-state index in [-0.39, 0.29) is 11.7 Å². The highest BCUT2D eigenvalue weighted by Gasteiger charge is 2.24. The van der Waals surface area contributed by atoms with Gasteiger partial charge in [0, 0.05) is 27.2 Å². The van der Waals surface area contributed by atoms with Crippen molar-refractivity contribution in [3.05, 3.63) is 32.3 Å². The Morgan fingerprint density at radius 1 is 1.33 bits per heavy atom. The summed E-state index contributed by atoms with van der Waals surface area (Å²) in [4.78, 5) is 27.2. The summed E-state index contributed by atoms with van der Waals surface area (Å²) in [6.07, 6.45) is 4.21. The fourth-order valence-electron chi connectivity index (χ4n) is 4.01. The summed E-state index contributed by atoms with van der Waals surface area (Å²) in [5, 5.41) is 15.2. The zero-order chi connectivity index (χ0) is 23.5. The number of methoxy groups -OCH3 is 1. The van der Waals surface area contributed by atoms with Crippen LogP contribution >= 0.6 is 34.4 Å². The number of amides is 1. The molecule has 1 aliphatic rings.